The van der Waals surface area contributed by atoms with Crippen LogP contribution in [-0.2, 0) is 4.74 Å². The zero-order valence-electron chi connectivity index (χ0n) is 16.7. The molecule has 144 valence electrons. The van der Waals surface area contributed by atoms with Crippen LogP contribution in [0.2, 0.25) is 0 Å². The van der Waals surface area contributed by atoms with Gasteiger partial charge in [0.15, 0.2) is 0 Å². The van der Waals surface area contributed by atoms with Gasteiger partial charge in [-0.2, -0.15) is 0 Å². The van der Waals surface area contributed by atoms with E-state index >= 15 is 0 Å². The molecule has 0 atom stereocenters. The highest BCUT2D eigenvalue weighted by Crippen LogP contribution is 2.22. The van der Waals surface area contributed by atoms with Crippen molar-refractivity contribution in [3.8, 4) is 0 Å². The highest BCUT2D eigenvalue weighted by atomic mass is 16.6. The Morgan fingerprint density at radius 1 is 0.963 bits per heavy atom. The fourth-order valence-electron chi connectivity index (χ4n) is 2.60. The second-order valence-corrected chi connectivity index (χ2v) is 7.56. The molecule has 0 saturated heterocycles. The molecule has 0 radical (unpaired) electrons. The van der Waals surface area contributed by atoms with Gasteiger partial charge in [0, 0.05) is 36.7 Å². The fraction of sp³-hybridized carbons (Fsp3) is 0.333. The Bertz CT molecular complexity index is 839. The normalized spacial score (nSPS) is 10.9. The number of hydrogen-bond donors (Lipinski definition) is 2. The molecule has 2 N–H and O–H groups in total. The number of nitrogens with one attached hydrogen (secondary N) is 2. The molecule has 2 aromatic rings. The van der Waals surface area contributed by atoms with Crippen LogP contribution in [0.25, 0.3) is 0 Å². The summed E-state index contributed by atoms with van der Waals surface area (Å²) >= 11 is 0. The minimum atomic E-state index is -0.588. The van der Waals surface area contributed by atoms with Gasteiger partial charge < -0.3 is 15.0 Å². The molecule has 6 nitrogen and oxygen atoms in total. The van der Waals surface area contributed by atoms with Crippen LogP contribution < -0.4 is 15.5 Å². The lowest BCUT2D eigenvalue weighted by Gasteiger charge is -2.19. The number of anilines is 3. The van der Waals surface area contributed by atoms with Crippen molar-refractivity contribution in [1.29, 1.82) is 0 Å². The Hall–Kier alpha value is -3.02. The molecule has 0 aliphatic carbocycles. The predicted octanol–water partition coefficient (Wildman–Crippen LogP) is 4.66. The van der Waals surface area contributed by atoms with Gasteiger partial charge in [-0.1, -0.05) is 6.07 Å². The van der Waals surface area contributed by atoms with Crippen molar-refractivity contribution in [3.05, 3.63) is 53.6 Å². The average molecular weight is 369 g/mol. The fourth-order valence-corrected chi connectivity index (χ4v) is 2.60. The summed E-state index contributed by atoms with van der Waals surface area (Å²) < 4.78 is 5.23. The maximum absolute atomic E-state index is 12.5. The molecule has 2 aromatic carbocycles. The number of nitrogens with zero attached hydrogens (tertiary/aromatic N) is 1. The summed E-state index contributed by atoms with van der Waals surface area (Å²) in [6.45, 7) is 7.37. The molecule has 27 heavy (non-hydrogen) atoms. The largest absolute Gasteiger partial charge is 0.444 e. The first kappa shape index (κ1) is 20.3. The van der Waals surface area contributed by atoms with E-state index in [0.717, 1.165) is 11.3 Å². The number of carbonyl (C=O) groups excluding carboxylic acids is 2. The van der Waals surface area contributed by atoms with Crippen LogP contribution in [0.1, 0.15) is 36.7 Å². The van der Waals surface area contributed by atoms with Gasteiger partial charge in [-0.15, -0.1) is 0 Å². The Labute approximate surface area is 160 Å². The van der Waals surface area contributed by atoms with E-state index in [0.29, 0.717) is 16.9 Å². The molecule has 0 aliphatic rings. The highest BCUT2D eigenvalue weighted by Gasteiger charge is 2.16. The summed E-state index contributed by atoms with van der Waals surface area (Å²) in [5.41, 5.74) is 3.23. The van der Waals surface area contributed by atoms with E-state index in [9.17, 15) is 9.59 Å². The zero-order chi connectivity index (χ0) is 20.2. The van der Waals surface area contributed by atoms with E-state index in [-0.39, 0.29) is 5.91 Å². The smallest absolute Gasteiger partial charge is 0.412 e. The van der Waals surface area contributed by atoms with Crippen molar-refractivity contribution in [2.45, 2.75) is 33.3 Å². The van der Waals surface area contributed by atoms with E-state index in [1.807, 2.05) is 44.1 Å². The molecule has 2 amide bonds. The first-order valence-electron chi connectivity index (χ1n) is 8.74. The third kappa shape index (κ3) is 6.02. The van der Waals surface area contributed by atoms with Crippen LogP contribution >= 0.6 is 0 Å². The topological polar surface area (TPSA) is 70.7 Å². The molecule has 0 heterocycles. The van der Waals surface area contributed by atoms with Crippen LogP contribution in [0.4, 0.5) is 21.9 Å². The molecule has 0 saturated carbocycles. The molecule has 0 unspecified atom stereocenters. The van der Waals surface area contributed by atoms with Gasteiger partial charge in [0.1, 0.15) is 5.60 Å². The summed E-state index contributed by atoms with van der Waals surface area (Å²) in [4.78, 5) is 26.5. The van der Waals surface area contributed by atoms with Crippen molar-refractivity contribution in [3.63, 3.8) is 0 Å². The lowest BCUT2D eigenvalue weighted by Crippen LogP contribution is -2.27. The molecular formula is C21H27N3O3. The predicted molar refractivity (Wildman–Crippen MR) is 110 cm³/mol. The maximum atomic E-state index is 12.5. The lowest BCUT2D eigenvalue weighted by molar-refractivity contribution is 0.0635. The minimum absolute atomic E-state index is 0.250. The number of benzene rings is 2. The van der Waals surface area contributed by atoms with Crippen LogP contribution in [0.3, 0.4) is 0 Å². The van der Waals surface area contributed by atoms with Gasteiger partial charge in [-0.05, 0) is 69.7 Å². The van der Waals surface area contributed by atoms with Crippen molar-refractivity contribution in [2.24, 2.45) is 0 Å². The van der Waals surface area contributed by atoms with Crippen molar-refractivity contribution in [2.75, 3.05) is 29.6 Å². The number of hydrogen-bond acceptors (Lipinski definition) is 4. The number of amides is 2. The summed E-state index contributed by atoms with van der Waals surface area (Å²) in [5.74, 6) is -0.250. The van der Waals surface area contributed by atoms with Gasteiger partial charge in [0.25, 0.3) is 5.91 Å². The van der Waals surface area contributed by atoms with Crippen LogP contribution in [0.5, 0.6) is 0 Å². The number of ether oxygens (including phenoxy) is 1. The van der Waals surface area contributed by atoms with E-state index in [1.54, 1.807) is 45.0 Å². The summed E-state index contributed by atoms with van der Waals surface area (Å²) in [7, 11) is 3.95. The van der Waals surface area contributed by atoms with Crippen LogP contribution in [0.15, 0.2) is 42.5 Å². The Morgan fingerprint density at radius 3 is 2.22 bits per heavy atom. The molecular weight excluding hydrogens is 342 g/mol. The molecule has 0 aromatic heterocycles. The number of aryl methyl sites for hydroxylation is 1. The second kappa shape index (κ2) is 8.12. The Morgan fingerprint density at radius 2 is 1.63 bits per heavy atom. The first-order chi connectivity index (χ1) is 12.5. The van der Waals surface area contributed by atoms with Gasteiger partial charge in [-0.3, -0.25) is 10.1 Å². The monoisotopic (exact) mass is 369 g/mol. The van der Waals surface area contributed by atoms with Gasteiger partial charge in [0.2, 0.25) is 0 Å². The van der Waals surface area contributed by atoms with Crippen molar-refractivity contribution >= 4 is 29.1 Å². The Balaban J connectivity index is 2.09. The van der Waals surface area contributed by atoms with E-state index in [2.05, 4.69) is 10.6 Å². The Kier molecular flexibility index (Phi) is 6.10. The number of carbonyl (C=O) groups is 2. The molecule has 6 heteroatoms. The van der Waals surface area contributed by atoms with Crippen LogP contribution in [-0.4, -0.2) is 31.7 Å². The third-order valence-corrected chi connectivity index (χ3v) is 3.71. The van der Waals surface area contributed by atoms with Gasteiger partial charge in [-0.25, -0.2) is 4.79 Å². The molecule has 2 rings (SSSR count). The highest BCUT2D eigenvalue weighted by molar-refractivity contribution is 6.05. The molecule has 0 spiro atoms. The minimum Gasteiger partial charge on any atom is -0.444 e. The van der Waals surface area contributed by atoms with Gasteiger partial charge >= 0.3 is 6.09 Å². The molecule has 0 bridgehead atoms. The van der Waals surface area contributed by atoms with Crippen molar-refractivity contribution < 1.29 is 14.3 Å². The van der Waals surface area contributed by atoms with E-state index < -0.39 is 11.7 Å². The maximum Gasteiger partial charge on any atom is 0.412 e. The quantitative estimate of drug-likeness (QED) is 0.822. The number of rotatable bonds is 4. The standard InChI is InChI=1S/C21H27N3O3/c1-14-12-17(10-11-18(14)24(5)6)22-19(25)15-8-7-9-16(13-15)23-20(26)27-21(2,3)4/h7-13H,1-6H3,(H,22,25)(H,23,26). The average Bonchev–Trinajstić information content (AvgIpc) is 2.52. The van der Waals surface area contributed by atoms with Gasteiger partial charge in [0.05, 0.1) is 0 Å². The van der Waals surface area contributed by atoms with E-state index in [4.69, 9.17) is 4.74 Å². The van der Waals surface area contributed by atoms with Crippen molar-refractivity contribution in [1.82, 2.24) is 0 Å². The molecule has 0 fully saturated rings. The lowest BCUT2D eigenvalue weighted by atomic mass is 10.1. The summed E-state index contributed by atoms with van der Waals surface area (Å²) in [6.07, 6.45) is -0.560. The zero-order valence-corrected chi connectivity index (χ0v) is 16.7. The SMILES string of the molecule is Cc1cc(NC(=O)c2cccc(NC(=O)OC(C)(C)C)c2)ccc1N(C)C. The molecule has 0 aliphatic heterocycles. The second-order valence-electron chi connectivity index (χ2n) is 7.56. The summed E-state index contributed by atoms with van der Waals surface area (Å²) in [6, 6.07) is 12.5. The van der Waals surface area contributed by atoms with Crippen LogP contribution in [0, 0.1) is 6.92 Å². The summed E-state index contributed by atoms with van der Waals surface area (Å²) in [5, 5.41) is 5.52. The van der Waals surface area contributed by atoms with E-state index in [1.165, 1.54) is 0 Å². The third-order valence-electron chi connectivity index (χ3n) is 3.71. The first-order valence-corrected chi connectivity index (χ1v) is 8.74.